The third-order valence-corrected chi connectivity index (χ3v) is 1.15. The second-order valence-electron chi connectivity index (χ2n) is 3.21. The molecular weight excluding hydrogens is 119 g/mol. The van der Waals surface area contributed by atoms with Crippen molar-refractivity contribution in [3.8, 4) is 0 Å². The van der Waals surface area contributed by atoms with Gasteiger partial charge in [0, 0.05) is 6.61 Å². The lowest BCUT2D eigenvalue weighted by molar-refractivity contribution is 0.136. The molecule has 0 amide bonds. The highest BCUT2D eigenvalue weighted by Gasteiger charge is 2.18. The molecule has 2 heteroatoms. The third-order valence-electron chi connectivity index (χ3n) is 1.15. The first-order valence-corrected chi connectivity index (χ1v) is 3.25. The fraction of sp³-hybridized carbons (Fsp3) is 1.00. The molecule has 1 atom stereocenters. The van der Waals surface area contributed by atoms with Crippen molar-refractivity contribution in [1.82, 2.24) is 0 Å². The van der Waals surface area contributed by atoms with Crippen molar-refractivity contribution in [2.24, 2.45) is 5.92 Å². The van der Waals surface area contributed by atoms with Gasteiger partial charge in [-0.25, -0.2) is 4.39 Å². The Labute approximate surface area is 55.9 Å². The van der Waals surface area contributed by atoms with E-state index in [0.29, 0.717) is 6.42 Å². The van der Waals surface area contributed by atoms with Gasteiger partial charge in [0.15, 0.2) is 0 Å². The highest BCUT2D eigenvalue weighted by Crippen LogP contribution is 2.19. The summed E-state index contributed by atoms with van der Waals surface area (Å²) in [7, 11) is 0. The average molecular weight is 134 g/mol. The maximum Gasteiger partial charge on any atom is 0.105 e. The van der Waals surface area contributed by atoms with Gasteiger partial charge in [-0.2, -0.15) is 0 Å². The second-order valence-corrected chi connectivity index (χ2v) is 3.21. The molecule has 0 aromatic heterocycles. The largest absolute Gasteiger partial charge is 0.396 e. The number of rotatable bonds is 3. The van der Waals surface area contributed by atoms with Gasteiger partial charge < -0.3 is 5.11 Å². The molecule has 56 valence electrons. The van der Waals surface area contributed by atoms with E-state index in [4.69, 9.17) is 5.11 Å². The van der Waals surface area contributed by atoms with E-state index in [1.807, 2.05) is 6.92 Å². The minimum absolute atomic E-state index is 0.0741. The van der Waals surface area contributed by atoms with Gasteiger partial charge in [0.25, 0.3) is 0 Å². The molecular formula is C7H15FO. The van der Waals surface area contributed by atoms with Crippen LogP contribution in [0.4, 0.5) is 4.39 Å². The van der Waals surface area contributed by atoms with Crippen molar-refractivity contribution in [2.45, 2.75) is 32.9 Å². The second kappa shape index (κ2) is 3.16. The molecule has 0 unspecified atom stereocenters. The number of aliphatic hydroxyl groups excluding tert-OH is 1. The van der Waals surface area contributed by atoms with Crippen molar-refractivity contribution in [3.05, 3.63) is 0 Å². The Balaban J connectivity index is 3.47. The zero-order valence-electron chi connectivity index (χ0n) is 6.32. The molecule has 0 saturated heterocycles. The normalized spacial score (nSPS) is 15.7. The third kappa shape index (κ3) is 5.77. The first-order valence-electron chi connectivity index (χ1n) is 3.25. The maximum absolute atomic E-state index is 12.7. The van der Waals surface area contributed by atoms with Crippen LogP contribution in [0.15, 0.2) is 0 Å². The minimum atomic E-state index is -1.14. The Bertz CT molecular complexity index is 75.5. The minimum Gasteiger partial charge on any atom is -0.396 e. The fourth-order valence-corrected chi connectivity index (χ4v) is 0.893. The first-order chi connectivity index (χ1) is 3.95. The van der Waals surface area contributed by atoms with E-state index in [1.165, 1.54) is 13.8 Å². The molecule has 0 aromatic rings. The fourth-order valence-electron chi connectivity index (χ4n) is 0.893. The first kappa shape index (κ1) is 8.89. The van der Waals surface area contributed by atoms with Gasteiger partial charge in [0.1, 0.15) is 5.67 Å². The van der Waals surface area contributed by atoms with Crippen LogP contribution in [0, 0.1) is 5.92 Å². The Morgan fingerprint density at radius 2 is 2.00 bits per heavy atom. The molecule has 0 rings (SSSR count). The summed E-state index contributed by atoms with van der Waals surface area (Å²) < 4.78 is 12.7. The summed E-state index contributed by atoms with van der Waals surface area (Å²) in [5, 5.41) is 8.53. The Hall–Kier alpha value is -0.110. The van der Waals surface area contributed by atoms with Crippen LogP contribution in [-0.2, 0) is 0 Å². The molecule has 9 heavy (non-hydrogen) atoms. The number of halogens is 1. The summed E-state index contributed by atoms with van der Waals surface area (Å²) in [6.07, 6.45) is 0.434. The summed E-state index contributed by atoms with van der Waals surface area (Å²) in [6, 6.07) is 0. The molecule has 0 aliphatic rings. The average Bonchev–Trinajstić information content (AvgIpc) is 1.62. The number of aliphatic hydroxyl groups is 1. The smallest absolute Gasteiger partial charge is 0.105 e. The van der Waals surface area contributed by atoms with Gasteiger partial charge >= 0.3 is 0 Å². The summed E-state index contributed by atoms with van der Waals surface area (Å²) in [6.45, 7) is 4.97. The number of alkyl halides is 1. The van der Waals surface area contributed by atoms with Crippen LogP contribution < -0.4 is 0 Å². The summed E-state index contributed by atoms with van der Waals surface area (Å²) >= 11 is 0. The van der Waals surface area contributed by atoms with E-state index in [2.05, 4.69) is 0 Å². The van der Waals surface area contributed by atoms with Crippen LogP contribution in [0.2, 0.25) is 0 Å². The van der Waals surface area contributed by atoms with Gasteiger partial charge in [-0.05, 0) is 26.2 Å². The lowest BCUT2D eigenvalue weighted by Crippen LogP contribution is -2.18. The van der Waals surface area contributed by atoms with Crippen LogP contribution in [0.3, 0.4) is 0 Å². The molecule has 0 bridgehead atoms. The molecule has 1 N–H and O–H groups in total. The van der Waals surface area contributed by atoms with E-state index < -0.39 is 5.67 Å². The molecule has 0 saturated carbocycles. The van der Waals surface area contributed by atoms with E-state index in [0.717, 1.165) is 0 Å². The highest BCUT2D eigenvalue weighted by molar-refractivity contribution is 4.68. The van der Waals surface area contributed by atoms with Crippen molar-refractivity contribution in [2.75, 3.05) is 6.61 Å². The van der Waals surface area contributed by atoms with E-state index in [1.54, 1.807) is 0 Å². The Kier molecular flexibility index (Phi) is 3.12. The molecule has 0 radical (unpaired) electrons. The van der Waals surface area contributed by atoms with Gasteiger partial charge in [-0.1, -0.05) is 6.92 Å². The van der Waals surface area contributed by atoms with Gasteiger partial charge in [0.2, 0.25) is 0 Å². The van der Waals surface area contributed by atoms with Crippen LogP contribution in [-0.4, -0.2) is 17.4 Å². The van der Waals surface area contributed by atoms with Gasteiger partial charge in [-0.3, -0.25) is 0 Å². The predicted octanol–water partition coefficient (Wildman–Crippen LogP) is 1.75. The van der Waals surface area contributed by atoms with Crippen molar-refractivity contribution in [1.29, 1.82) is 0 Å². The number of hydrogen-bond donors (Lipinski definition) is 1. The SMILES string of the molecule is C[C@H](CO)CC(C)(C)F. The van der Waals surface area contributed by atoms with Crippen LogP contribution >= 0.6 is 0 Å². The Morgan fingerprint density at radius 1 is 1.56 bits per heavy atom. The molecule has 0 fully saturated rings. The maximum atomic E-state index is 12.7. The lowest BCUT2D eigenvalue weighted by atomic mass is 9.97. The van der Waals surface area contributed by atoms with Crippen molar-refractivity contribution < 1.29 is 9.50 Å². The zero-order chi connectivity index (χ0) is 7.49. The molecule has 0 aliphatic heterocycles. The topological polar surface area (TPSA) is 20.2 Å². The molecule has 0 aromatic carbocycles. The standard InChI is InChI=1S/C7H15FO/c1-6(5-9)4-7(2,3)8/h6,9H,4-5H2,1-3H3/t6-/m0/s1. The molecule has 0 aliphatic carbocycles. The van der Waals surface area contributed by atoms with E-state index >= 15 is 0 Å². The van der Waals surface area contributed by atoms with Crippen LogP contribution in [0.5, 0.6) is 0 Å². The lowest BCUT2D eigenvalue weighted by Gasteiger charge is -2.17. The molecule has 1 nitrogen and oxygen atoms in total. The highest BCUT2D eigenvalue weighted by atomic mass is 19.1. The summed E-state index contributed by atoms with van der Waals surface area (Å²) in [5.74, 6) is 0.0741. The van der Waals surface area contributed by atoms with E-state index in [9.17, 15) is 4.39 Å². The van der Waals surface area contributed by atoms with Crippen LogP contribution in [0.25, 0.3) is 0 Å². The van der Waals surface area contributed by atoms with Gasteiger partial charge in [0.05, 0.1) is 0 Å². The summed E-state index contributed by atoms with van der Waals surface area (Å²) in [4.78, 5) is 0. The Morgan fingerprint density at radius 3 is 2.11 bits per heavy atom. The molecule has 0 heterocycles. The predicted molar refractivity (Wildman–Crippen MR) is 36.1 cm³/mol. The van der Waals surface area contributed by atoms with Crippen LogP contribution in [0.1, 0.15) is 27.2 Å². The van der Waals surface area contributed by atoms with Crippen molar-refractivity contribution >= 4 is 0 Å². The molecule has 0 spiro atoms. The monoisotopic (exact) mass is 134 g/mol. The van der Waals surface area contributed by atoms with E-state index in [-0.39, 0.29) is 12.5 Å². The summed E-state index contributed by atoms with van der Waals surface area (Å²) in [5.41, 5.74) is -1.14. The quantitative estimate of drug-likeness (QED) is 0.623. The number of hydrogen-bond acceptors (Lipinski definition) is 1. The van der Waals surface area contributed by atoms with Crippen molar-refractivity contribution in [3.63, 3.8) is 0 Å². The van der Waals surface area contributed by atoms with Gasteiger partial charge in [-0.15, -0.1) is 0 Å². The zero-order valence-corrected chi connectivity index (χ0v) is 6.32.